The van der Waals surface area contributed by atoms with Gasteiger partial charge in [-0.3, -0.25) is 9.69 Å². The molecule has 0 unspecified atom stereocenters. The largest absolute Gasteiger partial charge is 0.480 e. The molecule has 0 aliphatic carbocycles. The van der Waals surface area contributed by atoms with Gasteiger partial charge in [0, 0.05) is 13.2 Å². The number of carboxylic acid groups (broad SMARTS) is 1. The smallest absolute Gasteiger partial charge is 0.401 e. The van der Waals surface area contributed by atoms with Gasteiger partial charge in [-0.15, -0.1) is 0 Å². The highest BCUT2D eigenvalue weighted by Crippen LogP contribution is 2.16. The van der Waals surface area contributed by atoms with Crippen molar-refractivity contribution in [2.24, 2.45) is 0 Å². The minimum absolute atomic E-state index is 0.0420. The van der Waals surface area contributed by atoms with Crippen molar-refractivity contribution in [1.82, 2.24) is 4.90 Å². The Morgan fingerprint density at radius 2 is 2.07 bits per heavy atom. The van der Waals surface area contributed by atoms with E-state index in [4.69, 9.17) is 9.84 Å². The number of alkyl halides is 3. The minimum atomic E-state index is -4.39. The van der Waals surface area contributed by atoms with E-state index in [1.807, 2.05) is 0 Å². The van der Waals surface area contributed by atoms with E-state index in [1.165, 1.54) is 0 Å². The van der Waals surface area contributed by atoms with E-state index < -0.39 is 25.2 Å². The van der Waals surface area contributed by atoms with Crippen LogP contribution in [0.15, 0.2) is 0 Å². The van der Waals surface area contributed by atoms with Crippen LogP contribution >= 0.6 is 0 Å². The number of hydrogen-bond donors (Lipinski definition) is 1. The van der Waals surface area contributed by atoms with Gasteiger partial charge in [0.1, 0.15) is 0 Å². The Balaban J connectivity index is 4.01. The molecular weight excluding hydrogens is 215 g/mol. The van der Waals surface area contributed by atoms with E-state index >= 15 is 0 Å². The number of aliphatic carboxylic acids is 1. The lowest BCUT2D eigenvalue weighted by Gasteiger charge is -2.21. The molecule has 4 nitrogen and oxygen atoms in total. The average molecular weight is 229 g/mol. The Morgan fingerprint density at radius 1 is 1.47 bits per heavy atom. The summed E-state index contributed by atoms with van der Waals surface area (Å²) in [5, 5.41) is 8.39. The first-order chi connectivity index (χ1) is 6.85. The van der Waals surface area contributed by atoms with E-state index in [9.17, 15) is 18.0 Å². The molecule has 0 spiro atoms. The van der Waals surface area contributed by atoms with Gasteiger partial charge in [0.05, 0.1) is 19.7 Å². The number of rotatable bonds is 7. The summed E-state index contributed by atoms with van der Waals surface area (Å²) in [4.78, 5) is 11.1. The van der Waals surface area contributed by atoms with Crippen LogP contribution in [-0.2, 0) is 9.53 Å². The van der Waals surface area contributed by atoms with Gasteiger partial charge in [-0.2, -0.15) is 13.2 Å². The predicted molar refractivity (Wildman–Crippen MR) is 46.6 cm³/mol. The van der Waals surface area contributed by atoms with E-state index in [-0.39, 0.29) is 13.2 Å². The third-order valence-electron chi connectivity index (χ3n) is 1.52. The standard InChI is InChI=1S/C8H14F3NO3/c1-2-15-4-3-12(5-7(13)14)6-8(9,10)11/h2-6H2,1H3,(H,13,14). The fraction of sp³-hybridized carbons (Fsp3) is 0.875. The first-order valence-electron chi connectivity index (χ1n) is 4.43. The molecule has 90 valence electrons. The fourth-order valence-corrected chi connectivity index (χ4v) is 0.997. The number of hydrogen-bond acceptors (Lipinski definition) is 3. The molecule has 0 aliphatic rings. The number of ether oxygens (including phenoxy) is 1. The molecule has 0 aromatic rings. The van der Waals surface area contributed by atoms with Crippen LogP contribution in [0.1, 0.15) is 6.92 Å². The molecule has 0 aliphatic heterocycles. The highest BCUT2D eigenvalue weighted by molar-refractivity contribution is 5.69. The van der Waals surface area contributed by atoms with Gasteiger partial charge >= 0.3 is 12.1 Å². The zero-order chi connectivity index (χ0) is 11.9. The highest BCUT2D eigenvalue weighted by atomic mass is 19.4. The summed E-state index contributed by atoms with van der Waals surface area (Å²) in [6.45, 7) is 0.302. The number of nitrogens with zero attached hydrogens (tertiary/aromatic N) is 1. The molecule has 7 heteroatoms. The summed E-state index contributed by atoms with van der Waals surface area (Å²) < 4.78 is 40.8. The second kappa shape index (κ2) is 6.62. The SMILES string of the molecule is CCOCCN(CC(=O)O)CC(F)(F)F. The molecule has 0 bridgehead atoms. The van der Waals surface area contributed by atoms with Crippen LogP contribution in [0.3, 0.4) is 0 Å². The lowest BCUT2D eigenvalue weighted by molar-refractivity contribution is -0.154. The summed E-state index contributed by atoms with van der Waals surface area (Å²) in [6, 6.07) is 0. The summed E-state index contributed by atoms with van der Waals surface area (Å²) in [6.07, 6.45) is -4.39. The van der Waals surface area contributed by atoms with Crippen molar-refractivity contribution in [3.8, 4) is 0 Å². The highest BCUT2D eigenvalue weighted by Gasteiger charge is 2.31. The Hall–Kier alpha value is -0.820. The third-order valence-corrected chi connectivity index (χ3v) is 1.52. The zero-order valence-corrected chi connectivity index (χ0v) is 8.38. The Morgan fingerprint density at radius 3 is 2.47 bits per heavy atom. The maximum absolute atomic E-state index is 12.0. The van der Waals surface area contributed by atoms with E-state index in [0.29, 0.717) is 6.61 Å². The van der Waals surface area contributed by atoms with Crippen LogP contribution in [0.4, 0.5) is 13.2 Å². The van der Waals surface area contributed by atoms with Crippen molar-refractivity contribution in [3.63, 3.8) is 0 Å². The van der Waals surface area contributed by atoms with Crippen LogP contribution in [0.2, 0.25) is 0 Å². The monoisotopic (exact) mass is 229 g/mol. The Labute approximate surface area is 85.6 Å². The van der Waals surface area contributed by atoms with Gasteiger partial charge in [0.15, 0.2) is 0 Å². The van der Waals surface area contributed by atoms with Crippen molar-refractivity contribution < 1.29 is 27.8 Å². The first-order valence-corrected chi connectivity index (χ1v) is 4.43. The van der Waals surface area contributed by atoms with Crippen LogP contribution in [0.25, 0.3) is 0 Å². The molecule has 0 radical (unpaired) electrons. The van der Waals surface area contributed by atoms with Crippen LogP contribution in [0.5, 0.6) is 0 Å². The number of halogens is 3. The van der Waals surface area contributed by atoms with Crippen molar-refractivity contribution in [3.05, 3.63) is 0 Å². The van der Waals surface area contributed by atoms with Gasteiger partial charge in [0.25, 0.3) is 0 Å². The average Bonchev–Trinajstić information content (AvgIpc) is 2.00. The van der Waals surface area contributed by atoms with Crippen molar-refractivity contribution in [2.45, 2.75) is 13.1 Å². The molecule has 0 amide bonds. The maximum atomic E-state index is 12.0. The summed E-state index contributed by atoms with van der Waals surface area (Å²) in [7, 11) is 0. The van der Waals surface area contributed by atoms with Crippen molar-refractivity contribution in [1.29, 1.82) is 0 Å². The van der Waals surface area contributed by atoms with Gasteiger partial charge in [-0.25, -0.2) is 0 Å². The molecule has 0 rings (SSSR count). The summed E-state index contributed by atoms with van der Waals surface area (Å²) in [5.74, 6) is -1.28. The first kappa shape index (κ1) is 14.2. The maximum Gasteiger partial charge on any atom is 0.401 e. The van der Waals surface area contributed by atoms with E-state index in [0.717, 1.165) is 4.90 Å². The molecule has 0 aromatic carbocycles. The molecule has 0 aromatic heterocycles. The fourth-order valence-electron chi connectivity index (χ4n) is 0.997. The van der Waals surface area contributed by atoms with Gasteiger partial charge < -0.3 is 9.84 Å². The second-order valence-electron chi connectivity index (χ2n) is 2.92. The van der Waals surface area contributed by atoms with Gasteiger partial charge in [-0.1, -0.05) is 0 Å². The predicted octanol–water partition coefficient (Wildman–Crippen LogP) is 0.972. The molecule has 0 heterocycles. The van der Waals surface area contributed by atoms with Crippen LogP contribution in [-0.4, -0.2) is 55.0 Å². The van der Waals surface area contributed by atoms with E-state index in [2.05, 4.69) is 0 Å². The zero-order valence-electron chi connectivity index (χ0n) is 8.38. The molecule has 0 atom stereocenters. The summed E-state index contributed by atoms with van der Waals surface area (Å²) in [5.41, 5.74) is 0. The Bertz CT molecular complexity index is 196. The van der Waals surface area contributed by atoms with E-state index in [1.54, 1.807) is 6.92 Å². The van der Waals surface area contributed by atoms with Crippen molar-refractivity contribution in [2.75, 3.05) is 32.8 Å². The van der Waals surface area contributed by atoms with Crippen molar-refractivity contribution >= 4 is 5.97 Å². The van der Waals surface area contributed by atoms with Crippen LogP contribution < -0.4 is 0 Å². The summed E-state index contributed by atoms with van der Waals surface area (Å²) >= 11 is 0. The molecule has 0 fully saturated rings. The van der Waals surface area contributed by atoms with Gasteiger partial charge in [0.2, 0.25) is 0 Å². The van der Waals surface area contributed by atoms with Gasteiger partial charge in [-0.05, 0) is 6.92 Å². The topological polar surface area (TPSA) is 49.8 Å². The number of carboxylic acids is 1. The third kappa shape index (κ3) is 9.48. The lowest BCUT2D eigenvalue weighted by atomic mass is 10.4. The quantitative estimate of drug-likeness (QED) is 0.661. The number of carbonyl (C=O) groups is 1. The minimum Gasteiger partial charge on any atom is -0.480 e. The Kier molecular flexibility index (Phi) is 6.26. The molecule has 15 heavy (non-hydrogen) atoms. The molecule has 1 N–H and O–H groups in total. The molecular formula is C8H14F3NO3. The molecule has 0 saturated carbocycles. The van der Waals surface area contributed by atoms with Crippen LogP contribution in [0, 0.1) is 0 Å². The normalized spacial score (nSPS) is 12.1. The molecule has 0 saturated heterocycles. The second-order valence-corrected chi connectivity index (χ2v) is 2.92. The lowest BCUT2D eigenvalue weighted by Crippen LogP contribution is -2.39.